The Hall–Kier alpha value is -2.42. The molecule has 1 N–H and O–H groups in total. The second-order valence-electron chi connectivity index (χ2n) is 6.12. The van der Waals surface area contributed by atoms with Gasteiger partial charge >= 0.3 is 0 Å². The van der Waals surface area contributed by atoms with Crippen LogP contribution in [-0.4, -0.2) is 26.4 Å². The molecule has 0 aliphatic carbocycles. The van der Waals surface area contributed by atoms with Crippen LogP contribution in [0.5, 0.6) is 5.75 Å². The van der Waals surface area contributed by atoms with E-state index in [9.17, 15) is 4.39 Å². The number of nitriles is 1. The monoisotopic (exact) mass is 340 g/mol. The van der Waals surface area contributed by atoms with Gasteiger partial charge in [0.25, 0.3) is 0 Å². The molecule has 1 heterocycles. The van der Waals surface area contributed by atoms with Crippen LogP contribution in [0.2, 0.25) is 0 Å². The lowest BCUT2D eigenvalue weighted by Crippen LogP contribution is -2.48. The molecule has 1 saturated heterocycles. The third-order valence-electron chi connectivity index (χ3n) is 4.54. The van der Waals surface area contributed by atoms with Gasteiger partial charge in [-0.1, -0.05) is 18.2 Å². The average molecular weight is 340 g/mol. The Kier molecular flexibility index (Phi) is 5.64. The van der Waals surface area contributed by atoms with Gasteiger partial charge in [0.05, 0.1) is 11.6 Å². The SMILES string of the molecule is N#Cc1cccc(OCCNC2(c3ccc(F)cc3)CCOCC2)c1. The molecular weight excluding hydrogens is 319 g/mol. The number of ether oxygens (including phenoxy) is 2. The summed E-state index contributed by atoms with van der Waals surface area (Å²) in [5.74, 6) is 0.454. The van der Waals surface area contributed by atoms with Crippen LogP contribution in [0.1, 0.15) is 24.0 Å². The summed E-state index contributed by atoms with van der Waals surface area (Å²) in [5, 5.41) is 12.5. The fourth-order valence-corrected chi connectivity index (χ4v) is 3.17. The van der Waals surface area contributed by atoms with Gasteiger partial charge in [-0.15, -0.1) is 0 Å². The van der Waals surface area contributed by atoms with Crippen molar-refractivity contribution in [3.05, 3.63) is 65.5 Å². The number of halogens is 1. The predicted molar refractivity (Wildman–Crippen MR) is 92.8 cm³/mol. The van der Waals surface area contributed by atoms with Gasteiger partial charge in [-0.25, -0.2) is 4.39 Å². The molecule has 0 spiro atoms. The summed E-state index contributed by atoms with van der Waals surface area (Å²) in [6.07, 6.45) is 1.67. The Morgan fingerprint density at radius 1 is 1.16 bits per heavy atom. The highest BCUT2D eigenvalue weighted by Gasteiger charge is 2.33. The molecule has 1 aliphatic heterocycles. The van der Waals surface area contributed by atoms with Gasteiger partial charge in [-0.05, 0) is 48.7 Å². The summed E-state index contributed by atoms with van der Waals surface area (Å²) in [6, 6.07) is 15.9. The highest BCUT2D eigenvalue weighted by Crippen LogP contribution is 2.32. The van der Waals surface area contributed by atoms with Gasteiger partial charge in [0, 0.05) is 25.3 Å². The fraction of sp³-hybridized carbons (Fsp3) is 0.350. The molecule has 0 unspecified atom stereocenters. The van der Waals surface area contributed by atoms with E-state index < -0.39 is 0 Å². The van der Waals surface area contributed by atoms with Gasteiger partial charge in [0.2, 0.25) is 0 Å². The van der Waals surface area contributed by atoms with Crippen molar-refractivity contribution in [2.75, 3.05) is 26.4 Å². The summed E-state index contributed by atoms with van der Waals surface area (Å²) in [7, 11) is 0. The van der Waals surface area contributed by atoms with Crippen LogP contribution in [0, 0.1) is 17.1 Å². The second-order valence-corrected chi connectivity index (χ2v) is 6.12. The van der Waals surface area contributed by atoms with Crippen molar-refractivity contribution < 1.29 is 13.9 Å². The Morgan fingerprint density at radius 2 is 1.92 bits per heavy atom. The van der Waals surface area contributed by atoms with E-state index in [0.29, 0.717) is 37.7 Å². The molecule has 1 aliphatic rings. The minimum absolute atomic E-state index is 0.218. The van der Waals surface area contributed by atoms with Gasteiger partial charge in [0.15, 0.2) is 0 Å². The van der Waals surface area contributed by atoms with Crippen LogP contribution in [0.3, 0.4) is 0 Å². The maximum Gasteiger partial charge on any atom is 0.123 e. The van der Waals surface area contributed by atoms with Gasteiger partial charge in [-0.2, -0.15) is 5.26 Å². The third kappa shape index (κ3) is 4.36. The zero-order valence-electron chi connectivity index (χ0n) is 14.0. The van der Waals surface area contributed by atoms with Crippen LogP contribution >= 0.6 is 0 Å². The minimum atomic E-state index is -0.230. The molecule has 0 saturated carbocycles. The van der Waals surface area contributed by atoms with E-state index in [1.807, 2.05) is 18.2 Å². The van der Waals surface area contributed by atoms with E-state index in [2.05, 4.69) is 11.4 Å². The molecule has 0 bridgehead atoms. The molecular formula is C20H21FN2O2. The maximum atomic E-state index is 13.2. The van der Waals surface area contributed by atoms with Crippen LogP contribution in [0.25, 0.3) is 0 Å². The summed E-state index contributed by atoms with van der Waals surface area (Å²) >= 11 is 0. The molecule has 4 nitrogen and oxygen atoms in total. The zero-order valence-corrected chi connectivity index (χ0v) is 14.0. The van der Waals surface area contributed by atoms with Crippen molar-refractivity contribution in [2.45, 2.75) is 18.4 Å². The molecule has 2 aromatic rings. The Labute approximate surface area is 147 Å². The maximum absolute atomic E-state index is 13.2. The number of nitrogens with one attached hydrogen (secondary N) is 1. The Morgan fingerprint density at radius 3 is 2.64 bits per heavy atom. The molecule has 130 valence electrons. The highest BCUT2D eigenvalue weighted by atomic mass is 19.1. The van der Waals surface area contributed by atoms with Crippen LogP contribution in [-0.2, 0) is 10.3 Å². The highest BCUT2D eigenvalue weighted by molar-refractivity contribution is 5.36. The largest absolute Gasteiger partial charge is 0.492 e. The summed E-state index contributed by atoms with van der Waals surface area (Å²) in [6.45, 7) is 2.48. The molecule has 0 aromatic heterocycles. The van der Waals surface area contributed by atoms with Crippen molar-refractivity contribution in [1.29, 1.82) is 5.26 Å². The number of hydrogen-bond donors (Lipinski definition) is 1. The lowest BCUT2D eigenvalue weighted by atomic mass is 9.82. The molecule has 3 rings (SSSR count). The predicted octanol–water partition coefficient (Wildman–Crippen LogP) is 3.37. The Balaban J connectivity index is 1.61. The molecule has 25 heavy (non-hydrogen) atoms. The minimum Gasteiger partial charge on any atom is -0.492 e. The van der Waals surface area contributed by atoms with Crippen LogP contribution < -0.4 is 10.1 Å². The van der Waals surface area contributed by atoms with Crippen molar-refractivity contribution in [1.82, 2.24) is 5.32 Å². The fourth-order valence-electron chi connectivity index (χ4n) is 3.17. The molecule has 5 heteroatoms. The topological polar surface area (TPSA) is 54.3 Å². The van der Waals surface area contributed by atoms with Crippen LogP contribution in [0.15, 0.2) is 48.5 Å². The average Bonchev–Trinajstić information content (AvgIpc) is 2.67. The summed E-state index contributed by atoms with van der Waals surface area (Å²) < 4.78 is 24.5. The smallest absolute Gasteiger partial charge is 0.123 e. The number of rotatable bonds is 6. The first-order valence-corrected chi connectivity index (χ1v) is 8.44. The molecule has 1 fully saturated rings. The lowest BCUT2D eigenvalue weighted by molar-refractivity contribution is 0.0352. The number of benzene rings is 2. The third-order valence-corrected chi connectivity index (χ3v) is 4.54. The first-order valence-electron chi connectivity index (χ1n) is 8.44. The molecule has 0 radical (unpaired) electrons. The van der Waals surface area contributed by atoms with E-state index in [0.717, 1.165) is 18.4 Å². The normalized spacial score (nSPS) is 16.2. The summed E-state index contributed by atoms with van der Waals surface area (Å²) in [4.78, 5) is 0. The number of hydrogen-bond acceptors (Lipinski definition) is 4. The van der Waals surface area contributed by atoms with Gasteiger partial charge in [-0.3, -0.25) is 0 Å². The zero-order chi connectivity index (χ0) is 17.5. The van der Waals surface area contributed by atoms with Crippen LogP contribution in [0.4, 0.5) is 4.39 Å². The first kappa shape index (κ1) is 17.4. The number of nitrogens with zero attached hydrogens (tertiary/aromatic N) is 1. The molecule has 0 atom stereocenters. The molecule has 2 aromatic carbocycles. The Bertz CT molecular complexity index is 734. The van der Waals surface area contributed by atoms with E-state index >= 15 is 0 Å². The lowest BCUT2D eigenvalue weighted by Gasteiger charge is -2.39. The molecule has 0 amide bonds. The van der Waals surface area contributed by atoms with E-state index in [4.69, 9.17) is 14.7 Å². The van der Waals surface area contributed by atoms with E-state index in [1.165, 1.54) is 12.1 Å². The van der Waals surface area contributed by atoms with E-state index in [1.54, 1.807) is 18.2 Å². The van der Waals surface area contributed by atoms with E-state index in [-0.39, 0.29) is 11.4 Å². The van der Waals surface area contributed by atoms with Crippen molar-refractivity contribution in [2.24, 2.45) is 0 Å². The quantitative estimate of drug-likeness (QED) is 0.819. The summed E-state index contributed by atoms with van der Waals surface area (Å²) in [5.41, 5.74) is 1.44. The van der Waals surface area contributed by atoms with Crippen molar-refractivity contribution in [3.8, 4) is 11.8 Å². The van der Waals surface area contributed by atoms with Gasteiger partial charge in [0.1, 0.15) is 18.2 Å². The van der Waals surface area contributed by atoms with Crippen molar-refractivity contribution >= 4 is 0 Å². The van der Waals surface area contributed by atoms with Crippen molar-refractivity contribution in [3.63, 3.8) is 0 Å². The first-order chi connectivity index (χ1) is 12.2. The van der Waals surface area contributed by atoms with Gasteiger partial charge < -0.3 is 14.8 Å². The standard InChI is InChI=1S/C20H21FN2O2/c21-18-6-4-17(5-7-18)20(8-11-24-12-9-20)23-10-13-25-19-3-1-2-16(14-19)15-22/h1-7,14,23H,8-13H2. The second kappa shape index (κ2) is 8.11.